The van der Waals surface area contributed by atoms with E-state index in [0.29, 0.717) is 19.8 Å². The van der Waals surface area contributed by atoms with Gasteiger partial charge in [0.15, 0.2) is 0 Å². The summed E-state index contributed by atoms with van der Waals surface area (Å²) in [5.74, 6) is 0. The van der Waals surface area contributed by atoms with Gasteiger partial charge in [0, 0.05) is 0 Å². The topological polar surface area (TPSA) is 148 Å². The molecule has 0 aliphatic rings. The molecule has 9 nitrogen and oxygen atoms in total. The van der Waals surface area contributed by atoms with Gasteiger partial charge in [0.25, 0.3) is 0 Å². The molecule has 1 radical (unpaired) electrons. The Labute approximate surface area is 428 Å². The standard InChI is InChI=1S/3C18H37O3P.Fe/c3*1-2-3-4-5-6-7-8-9-10-11-12-13-14-15-16-17-18-21-22(19)20;/h3*9-10,22H,2-8,11-18H2,1H3,(H,19,20);/q;;;+3/p-3. The first-order chi connectivity index (χ1) is 32.3. The molecule has 0 bridgehead atoms. The Balaban J connectivity index is -0.000000441. The van der Waals surface area contributed by atoms with Crippen LogP contribution in [-0.2, 0) is 44.3 Å². The summed E-state index contributed by atoms with van der Waals surface area (Å²) in [4.78, 5) is 30.6. The van der Waals surface area contributed by atoms with Gasteiger partial charge in [-0.05, 0) is 96.3 Å². The number of hydrogen-bond acceptors (Lipinski definition) is 9. The van der Waals surface area contributed by atoms with E-state index in [2.05, 4.69) is 70.8 Å². The van der Waals surface area contributed by atoms with Gasteiger partial charge in [-0.1, -0.05) is 231 Å². The minimum atomic E-state index is -2.96. The normalized spacial score (nSPS) is 12.8. The fraction of sp³-hybridized carbons (Fsp3) is 0.889. The van der Waals surface area contributed by atoms with E-state index in [-0.39, 0.29) is 17.1 Å². The molecule has 0 aromatic heterocycles. The number of rotatable bonds is 51. The van der Waals surface area contributed by atoms with Crippen LogP contribution in [0.3, 0.4) is 0 Å². The molecule has 0 aliphatic heterocycles. The fourth-order valence-corrected chi connectivity index (χ4v) is 8.45. The van der Waals surface area contributed by atoms with Crippen molar-refractivity contribution in [1.82, 2.24) is 0 Å². The van der Waals surface area contributed by atoms with E-state index in [1.54, 1.807) is 0 Å². The van der Waals surface area contributed by atoms with Gasteiger partial charge in [-0.3, -0.25) is 0 Å². The molecule has 0 heterocycles. The second-order valence-corrected chi connectivity index (χ2v) is 20.5. The SMILES string of the molecule is CCCCCCCCC=CCCCCCCCCO[PH](=O)[O-].CCCCCCCCC=CCCCCCCCCO[PH](=O)[O-].CCCCCCCCC=CCCCCCCCCO[PH](=O)[O-].[Fe+3]. The van der Waals surface area contributed by atoms with Crippen molar-refractivity contribution in [3.05, 3.63) is 36.5 Å². The first-order valence-electron chi connectivity index (χ1n) is 27.8. The second-order valence-electron chi connectivity index (χ2n) is 18.1. The molecule has 0 rings (SSSR count). The van der Waals surface area contributed by atoms with Gasteiger partial charge in [-0.2, -0.15) is 0 Å². The third-order valence-electron chi connectivity index (χ3n) is 11.6. The van der Waals surface area contributed by atoms with Crippen LogP contribution in [0.5, 0.6) is 0 Å². The summed E-state index contributed by atoms with van der Waals surface area (Å²) in [6.07, 6.45) is 66.9. The summed E-state index contributed by atoms with van der Waals surface area (Å²) in [6.45, 7) is 7.87. The minimum Gasteiger partial charge on any atom is -0.781 e. The van der Waals surface area contributed by atoms with Crippen LogP contribution in [0.25, 0.3) is 0 Å². The van der Waals surface area contributed by atoms with Crippen molar-refractivity contribution in [1.29, 1.82) is 0 Å². The van der Waals surface area contributed by atoms with E-state index >= 15 is 0 Å². The maximum Gasteiger partial charge on any atom is 3.00 e. The average Bonchev–Trinajstić information content (AvgIpc) is 3.29. The third-order valence-corrected chi connectivity index (χ3v) is 12.9. The molecule has 0 N–H and O–H groups in total. The molecule has 0 aromatic rings. The van der Waals surface area contributed by atoms with Crippen molar-refractivity contribution in [2.75, 3.05) is 19.8 Å². The zero-order valence-corrected chi connectivity index (χ0v) is 47.9. The maximum absolute atomic E-state index is 10.2. The average molecular weight is 1050 g/mol. The van der Waals surface area contributed by atoms with Crippen molar-refractivity contribution in [2.45, 2.75) is 290 Å². The molecule has 0 saturated heterocycles. The molecular formula is C54H108FeO9P3. The number of allylic oxidation sites excluding steroid dienone is 6. The number of unbranched alkanes of at least 4 members (excludes halogenated alkanes) is 36. The van der Waals surface area contributed by atoms with E-state index in [4.69, 9.17) is 0 Å². The third kappa shape index (κ3) is 83.4. The summed E-state index contributed by atoms with van der Waals surface area (Å²) < 4.78 is 44.2. The molecule has 13 heteroatoms. The predicted molar refractivity (Wildman–Crippen MR) is 283 cm³/mol. The van der Waals surface area contributed by atoms with Crippen LogP contribution in [0.2, 0.25) is 0 Å². The molecule has 0 spiro atoms. The molecule has 0 aromatic carbocycles. The van der Waals surface area contributed by atoms with Gasteiger partial charge < -0.3 is 41.9 Å². The molecule has 0 aliphatic carbocycles. The van der Waals surface area contributed by atoms with E-state index in [9.17, 15) is 28.4 Å². The first-order valence-corrected chi connectivity index (χ1v) is 31.4. The Kier molecular flexibility index (Phi) is 77.5. The maximum atomic E-state index is 10.2. The fourth-order valence-electron chi connectivity index (χ4n) is 7.52. The van der Waals surface area contributed by atoms with Crippen LogP contribution in [-0.4, -0.2) is 19.8 Å². The zero-order valence-electron chi connectivity index (χ0n) is 43.8. The Bertz CT molecular complexity index is 937. The molecule has 3 atom stereocenters. The first kappa shape index (κ1) is 73.7. The quantitative estimate of drug-likeness (QED) is 0.0251. The van der Waals surface area contributed by atoms with Crippen LogP contribution >= 0.6 is 24.8 Å². The summed E-state index contributed by atoms with van der Waals surface area (Å²) >= 11 is 0. The van der Waals surface area contributed by atoms with Crippen molar-refractivity contribution in [3.63, 3.8) is 0 Å². The molecule has 67 heavy (non-hydrogen) atoms. The van der Waals surface area contributed by atoms with Crippen molar-refractivity contribution < 1.29 is 59.0 Å². The smallest absolute Gasteiger partial charge is 0.781 e. The predicted octanol–water partition coefficient (Wildman–Crippen LogP) is 17.4. The second kappa shape index (κ2) is 70.4. The van der Waals surface area contributed by atoms with E-state index in [0.717, 1.165) is 38.5 Å². The van der Waals surface area contributed by atoms with Crippen LogP contribution in [0.4, 0.5) is 0 Å². The molecule has 401 valence electrons. The Morgan fingerprint density at radius 3 is 0.582 bits per heavy atom. The summed E-state index contributed by atoms with van der Waals surface area (Å²) in [5.41, 5.74) is 0. The minimum absolute atomic E-state index is 0. The van der Waals surface area contributed by atoms with Crippen molar-refractivity contribution >= 4 is 24.8 Å². The van der Waals surface area contributed by atoms with Crippen LogP contribution in [0, 0.1) is 0 Å². The zero-order chi connectivity index (χ0) is 48.9. The van der Waals surface area contributed by atoms with E-state index < -0.39 is 24.8 Å². The Hall–Kier alpha value is 0.189. The summed E-state index contributed by atoms with van der Waals surface area (Å²) in [6, 6.07) is 0. The van der Waals surface area contributed by atoms with E-state index in [1.807, 2.05) is 0 Å². The summed E-state index contributed by atoms with van der Waals surface area (Å²) in [5, 5.41) is 0. The van der Waals surface area contributed by atoms with Gasteiger partial charge in [-0.15, -0.1) is 0 Å². The van der Waals surface area contributed by atoms with E-state index in [1.165, 1.54) is 231 Å². The molecular weight excluding hydrogens is 941 g/mol. The summed E-state index contributed by atoms with van der Waals surface area (Å²) in [7, 11) is -8.89. The van der Waals surface area contributed by atoms with Gasteiger partial charge in [-0.25, -0.2) is 0 Å². The largest absolute Gasteiger partial charge is 3.00 e. The molecule has 3 unspecified atom stereocenters. The van der Waals surface area contributed by atoms with Crippen molar-refractivity contribution in [3.8, 4) is 0 Å². The van der Waals surface area contributed by atoms with Gasteiger partial charge in [0.2, 0.25) is 0 Å². The van der Waals surface area contributed by atoms with Crippen molar-refractivity contribution in [2.24, 2.45) is 0 Å². The molecule has 0 fully saturated rings. The molecule has 0 saturated carbocycles. The Morgan fingerprint density at radius 1 is 0.269 bits per heavy atom. The van der Waals surface area contributed by atoms with Crippen LogP contribution in [0.1, 0.15) is 290 Å². The monoisotopic (exact) mass is 1050 g/mol. The number of hydrogen-bond donors (Lipinski definition) is 0. The Morgan fingerprint density at radius 2 is 0.418 bits per heavy atom. The van der Waals surface area contributed by atoms with Crippen LogP contribution in [0.15, 0.2) is 36.5 Å². The van der Waals surface area contributed by atoms with Gasteiger partial charge in [0.05, 0.1) is 19.8 Å². The van der Waals surface area contributed by atoms with Crippen LogP contribution < -0.4 is 14.7 Å². The van der Waals surface area contributed by atoms with Gasteiger partial charge in [0.1, 0.15) is 24.8 Å². The molecule has 0 amide bonds. The van der Waals surface area contributed by atoms with Gasteiger partial charge >= 0.3 is 17.1 Å².